The molecule has 2 atom stereocenters. The summed E-state index contributed by atoms with van der Waals surface area (Å²) >= 11 is 0. The molecule has 2 fully saturated rings. The van der Waals surface area contributed by atoms with Crippen LogP contribution in [-0.4, -0.2) is 36.3 Å². The van der Waals surface area contributed by atoms with Gasteiger partial charge in [-0.3, -0.25) is 14.4 Å². The first kappa shape index (κ1) is 14.7. The topological polar surface area (TPSA) is 83.1 Å². The zero-order valence-electron chi connectivity index (χ0n) is 12.3. The molecule has 0 saturated carbocycles. The van der Waals surface area contributed by atoms with Crippen molar-refractivity contribution in [2.24, 2.45) is 0 Å². The number of nitrogens with one attached hydrogen (secondary N) is 1. The first-order valence-electron chi connectivity index (χ1n) is 7.71. The maximum absolute atomic E-state index is 12.5. The Morgan fingerprint density at radius 2 is 1.82 bits per heavy atom. The van der Waals surface area contributed by atoms with E-state index in [1.807, 2.05) is 6.07 Å². The van der Waals surface area contributed by atoms with Gasteiger partial charge in [0, 0.05) is 13.0 Å². The molecule has 6 heteroatoms. The number of quaternary nitrogens is 1. The molecule has 2 saturated heterocycles. The summed E-state index contributed by atoms with van der Waals surface area (Å²) in [7, 11) is 0. The third-order valence-corrected chi connectivity index (χ3v) is 4.24. The fourth-order valence-electron chi connectivity index (χ4n) is 3.08. The van der Waals surface area contributed by atoms with Crippen LogP contribution in [0.5, 0.6) is 0 Å². The molecule has 3 amide bonds. The van der Waals surface area contributed by atoms with Gasteiger partial charge in [-0.15, -0.1) is 0 Å². The van der Waals surface area contributed by atoms with Crippen molar-refractivity contribution in [3.63, 3.8) is 0 Å². The predicted octanol–water partition coefficient (Wildman–Crippen LogP) is -0.449. The molecule has 0 bridgehead atoms. The van der Waals surface area contributed by atoms with E-state index in [2.05, 4.69) is 5.32 Å². The Kier molecular flexibility index (Phi) is 4.20. The molecule has 2 aliphatic heterocycles. The lowest BCUT2D eigenvalue weighted by atomic mass is 10.1. The fraction of sp³-hybridized carbons (Fsp3) is 0.438. The lowest BCUT2D eigenvalue weighted by Crippen LogP contribution is -2.98. The first-order valence-corrected chi connectivity index (χ1v) is 7.71. The standard InChI is InChI=1S/C16H19N3O3/c20-14-10-13(18-12-8-4-5-9-17-15(12)21)16(22)19(14)11-6-2-1-3-7-11/h1-3,6-7,12-13,18H,4-5,8-10H2,(H,17,21)/p+1/t12-,13+/m1/s1. The SMILES string of the molecule is O=C1NCCCC[C@H]1[NH2+][C@H]1CC(=O)N(c2ccccc2)C1=O. The Morgan fingerprint density at radius 3 is 2.59 bits per heavy atom. The van der Waals surface area contributed by atoms with E-state index in [-0.39, 0.29) is 30.2 Å². The largest absolute Gasteiger partial charge is 0.351 e. The minimum atomic E-state index is -0.499. The number of imide groups is 1. The summed E-state index contributed by atoms with van der Waals surface area (Å²) in [5.74, 6) is -0.462. The Balaban J connectivity index is 1.72. The van der Waals surface area contributed by atoms with Gasteiger partial charge < -0.3 is 10.6 Å². The van der Waals surface area contributed by atoms with Crippen molar-refractivity contribution in [2.75, 3.05) is 11.4 Å². The Bertz CT molecular complexity index is 588. The van der Waals surface area contributed by atoms with Crippen molar-refractivity contribution < 1.29 is 19.7 Å². The molecular weight excluding hydrogens is 282 g/mol. The van der Waals surface area contributed by atoms with Crippen LogP contribution < -0.4 is 15.5 Å². The molecule has 2 heterocycles. The number of carbonyl (C=O) groups excluding carboxylic acids is 3. The molecule has 0 aliphatic carbocycles. The predicted molar refractivity (Wildman–Crippen MR) is 79.9 cm³/mol. The highest BCUT2D eigenvalue weighted by atomic mass is 16.2. The van der Waals surface area contributed by atoms with Crippen LogP contribution in [0.25, 0.3) is 0 Å². The van der Waals surface area contributed by atoms with Crippen LogP contribution in [0.1, 0.15) is 25.7 Å². The normalized spacial score (nSPS) is 26.0. The van der Waals surface area contributed by atoms with Crippen LogP contribution in [0.3, 0.4) is 0 Å². The van der Waals surface area contributed by atoms with Gasteiger partial charge in [-0.05, 0) is 25.0 Å². The number of carbonyl (C=O) groups is 3. The summed E-state index contributed by atoms with van der Waals surface area (Å²) in [6.45, 7) is 0.691. The maximum Gasteiger partial charge on any atom is 0.292 e. The summed E-state index contributed by atoms with van der Waals surface area (Å²) in [6.07, 6.45) is 2.81. The number of hydrogen-bond acceptors (Lipinski definition) is 3. The van der Waals surface area contributed by atoms with E-state index in [1.165, 1.54) is 4.90 Å². The summed E-state index contributed by atoms with van der Waals surface area (Å²) in [6, 6.07) is 8.15. The molecule has 116 valence electrons. The van der Waals surface area contributed by atoms with Gasteiger partial charge in [-0.25, -0.2) is 4.90 Å². The summed E-state index contributed by atoms with van der Waals surface area (Å²) in [5, 5.41) is 4.63. The van der Waals surface area contributed by atoms with E-state index in [0.717, 1.165) is 19.3 Å². The number of hydrogen-bond donors (Lipinski definition) is 2. The van der Waals surface area contributed by atoms with Crippen LogP contribution in [0, 0.1) is 0 Å². The molecule has 6 nitrogen and oxygen atoms in total. The molecular formula is C16H20N3O3+. The minimum absolute atomic E-state index is 0.0316. The van der Waals surface area contributed by atoms with Gasteiger partial charge in [0.25, 0.3) is 11.8 Å². The van der Waals surface area contributed by atoms with Gasteiger partial charge in [-0.2, -0.15) is 0 Å². The monoisotopic (exact) mass is 302 g/mol. The van der Waals surface area contributed by atoms with Crippen LogP contribution in [0.15, 0.2) is 30.3 Å². The molecule has 0 radical (unpaired) electrons. The van der Waals surface area contributed by atoms with Crippen molar-refractivity contribution in [3.05, 3.63) is 30.3 Å². The molecule has 0 unspecified atom stereocenters. The minimum Gasteiger partial charge on any atom is -0.351 e. The second kappa shape index (κ2) is 6.27. The molecule has 1 aromatic carbocycles. The number of para-hydroxylation sites is 1. The van der Waals surface area contributed by atoms with Gasteiger partial charge in [0.1, 0.15) is 0 Å². The second-order valence-corrected chi connectivity index (χ2v) is 5.80. The van der Waals surface area contributed by atoms with Gasteiger partial charge in [0.2, 0.25) is 5.91 Å². The summed E-state index contributed by atoms with van der Waals surface area (Å²) < 4.78 is 0. The van der Waals surface area contributed by atoms with Crippen LogP contribution in [0.4, 0.5) is 5.69 Å². The van der Waals surface area contributed by atoms with Crippen LogP contribution >= 0.6 is 0 Å². The van der Waals surface area contributed by atoms with E-state index < -0.39 is 6.04 Å². The number of anilines is 1. The van der Waals surface area contributed by atoms with Gasteiger partial charge in [0.05, 0.1) is 12.1 Å². The zero-order valence-corrected chi connectivity index (χ0v) is 12.3. The first-order chi connectivity index (χ1) is 10.7. The zero-order chi connectivity index (χ0) is 15.5. The average Bonchev–Trinajstić information content (AvgIpc) is 2.67. The maximum atomic E-state index is 12.5. The Labute approximate surface area is 128 Å². The fourth-order valence-corrected chi connectivity index (χ4v) is 3.08. The van der Waals surface area contributed by atoms with E-state index in [4.69, 9.17) is 0 Å². The van der Waals surface area contributed by atoms with Crippen molar-refractivity contribution >= 4 is 23.4 Å². The van der Waals surface area contributed by atoms with Crippen molar-refractivity contribution in [1.29, 1.82) is 0 Å². The highest BCUT2D eigenvalue weighted by Crippen LogP contribution is 2.21. The van der Waals surface area contributed by atoms with Gasteiger partial charge in [-0.1, -0.05) is 18.2 Å². The molecule has 3 rings (SSSR count). The second-order valence-electron chi connectivity index (χ2n) is 5.80. The lowest BCUT2D eigenvalue weighted by molar-refractivity contribution is -0.696. The third kappa shape index (κ3) is 2.87. The average molecular weight is 302 g/mol. The molecule has 1 aromatic rings. The Hall–Kier alpha value is -2.21. The number of benzene rings is 1. The number of nitrogens with zero attached hydrogens (tertiary/aromatic N) is 1. The number of nitrogens with two attached hydrogens (primary N) is 1. The number of rotatable bonds is 3. The Morgan fingerprint density at radius 1 is 1.05 bits per heavy atom. The highest BCUT2D eigenvalue weighted by Gasteiger charge is 2.44. The van der Waals surface area contributed by atoms with E-state index in [0.29, 0.717) is 12.2 Å². The van der Waals surface area contributed by atoms with Crippen molar-refractivity contribution in [3.8, 4) is 0 Å². The smallest absolute Gasteiger partial charge is 0.292 e. The van der Waals surface area contributed by atoms with Gasteiger partial charge in [0.15, 0.2) is 12.1 Å². The van der Waals surface area contributed by atoms with E-state index >= 15 is 0 Å². The van der Waals surface area contributed by atoms with E-state index in [1.54, 1.807) is 29.6 Å². The van der Waals surface area contributed by atoms with Gasteiger partial charge >= 0.3 is 0 Å². The molecule has 3 N–H and O–H groups in total. The van der Waals surface area contributed by atoms with Crippen LogP contribution in [-0.2, 0) is 14.4 Å². The summed E-state index contributed by atoms with van der Waals surface area (Å²) in [5.41, 5.74) is 0.596. The van der Waals surface area contributed by atoms with Crippen LogP contribution in [0.2, 0.25) is 0 Å². The quantitative estimate of drug-likeness (QED) is 0.742. The number of amides is 3. The summed E-state index contributed by atoms with van der Waals surface area (Å²) in [4.78, 5) is 37.9. The third-order valence-electron chi connectivity index (χ3n) is 4.24. The van der Waals surface area contributed by atoms with Crippen molar-refractivity contribution in [1.82, 2.24) is 5.32 Å². The van der Waals surface area contributed by atoms with E-state index in [9.17, 15) is 14.4 Å². The highest BCUT2D eigenvalue weighted by molar-refractivity contribution is 6.21. The molecule has 2 aliphatic rings. The molecule has 22 heavy (non-hydrogen) atoms. The van der Waals surface area contributed by atoms with Crippen molar-refractivity contribution in [2.45, 2.75) is 37.8 Å². The lowest BCUT2D eigenvalue weighted by Gasteiger charge is -2.17. The molecule has 0 spiro atoms. The molecule has 0 aromatic heterocycles.